The average Bonchev–Trinajstić information content (AvgIpc) is 2.66. The molecule has 0 aliphatic carbocycles. The van der Waals surface area contributed by atoms with Crippen molar-refractivity contribution in [1.82, 2.24) is 4.98 Å². The van der Waals surface area contributed by atoms with Gasteiger partial charge >= 0.3 is 0 Å². The van der Waals surface area contributed by atoms with Gasteiger partial charge in [-0.25, -0.2) is 4.98 Å². The molecule has 0 aromatic carbocycles. The highest BCUT2D eigenvalue weighted by Crippen LogP contribution is 2.28. The Bertz CT molecular complexity index is 353. The Labute approximate surface area is 109 Å². The van der Waals surface area contributed by atoms with E-state index in [2.05, 4.69) is 38.1 Å². The molecule has 1 aromatic heterocycles. The smallest absolute Gasteiger partial charge is 0.0957 e. The zero-order chi connectivity index (χ0) is 13.1. The molecule has 98 valence electrons. The molecular formula is C14H25NOS. The van der Waals surface area contributed by atoms with Crippen LogP contribution in [0.4, 0.5) is 0 Å². The molecule has 1 aromatic rings. The van der Waals surface area contributed by atoms with Crippen molar-refractivity contribution in [3.63, 3.8) is 0 Å². The van der Waals surface area contributed by atoms with Crippen LogP contribution < -0.4 is 0 Å². The van der Waals surface area contributed by atoms with Gasteiger partial charge in [-0.3, -0.25) is 0 Å². The van der Waals surface area contributed by atoms with Crippen LogP contribution in [-0.2, 0) is 11.8 Å². The Morgan fingerprint density at radius 2 is 1.94 bits per heavy atom. The molecular weight excluding hydrogens is 230 g/mol. The van der Waals surface area contributed by atoms with Crippen LogP contribution in [0.1, 0.15) is 64.6 Å². The second kappa shape index (κ2) is 5.49. The monoisotopic (exact) mass is 255 g/mol. The third-order valence-electron chi connectivity index (χ3n) is 3.17. The summed E-state index contributed by atoms with van der Waals surface area (Å²) < 4.78 is 0. The van der Waals surface area contributed by atoms with E-state index in [1.165, 1.54) is 0 Å². The van der Waals surface area contributed by atoms with Crippen molar-refractivity contribution in [1.29, 1.82) is 0 Å². The van der Waals surface area contributed by atoms with Crippen LogP contribution in [0, 0.1) is 0 Å². The van der Waals surface area contributed by atoms with Crippen molar-refractivity contribution in [3.8, 4) is 0 Å². The van der Waals surface area contributed by atoms with Gasteiger partial charge in [0.2, 0.25) is 0 Å². The number of hydrogen-bond donors (Lipinski definition) is 1. The van der Waals surface area contributed by atoms with Gasteiger partial charge in [-0.1, -0.05) is 41.0 Å². The Balaban J connectivity index is 2.78. The van der Waals surface area contributed by atoms with Gasteiger partial charge < -0.3 is 5.11 Å². The van der Waals surface area contributed by atoms with Crippen molar-refractivity contribution in [2.75, 3.05) is 0 Å². The predicted octanol–water partition coefficient (Wildman–Crippen LogP) is 3.92. The normalized spacial score (nSPS) is 15.9. The maximum Gasteiger partial charge on any atom is 0.0957 e. The largest absolute Gasteiger partial charge is 0.389 e. The standard InChI is InChI=1S/C14H25NOS/c1-6-8-14(16,7-2)9-12-15-11(10-17-12)13(3,4)5/h10,16H,6-9H2,1-5H3. The summed E-state index contributed by atoms with van der Waals surface area (Å²) in [6.07, 6.45) is 3.36. The van der Waals surface area contributed by atoms with E-state index in [-0.39, 0.29) is 5.41 Å². The lowest BCUT2D eigenvalue weighted by molar-refractivity contribution is 0.0270. The summed E-state index contributed by atoms with van der Waals surface area (Å²) in [4.78, 5) is 4.66. The summed E-state index contributed by atoms with van der Waals surface area (Å²) in [5, 5.41) is 13.6. The molecule has 0 fully saturated rings. The van der Waals surface area contributed by atoms with E-state index in [9.17, 15) is 5.11 Å². The molecule has 1 heterocycles. The molecule has 0 bridgehead atoms. The Morgan fingerprint density at radius 1 is 1.29 bits per heavy atom. The lowest BCUT2D eigenvalue weighted by atomic mass is 9.91. The highest BCUT2D eigenvalue weighted by Gasteiger charge is 2.26. The molecule has 0 spiro atoms. The summed E-state index contributed by atoms with van der Waals surface area (Å²) in [5.74, 6) is 0. The van der Waals surface area contributed by atoms with Crippen molar-refractivity contribution in [2.24, 2.45) is 0 Å². The lowest BCUT2D eigenvalue weighted by Gasteiger charge is -2.25. The van der Waals surface area contributed by atoms with E-state index in [1.54, 1.807) is 11.3 Å². The molecule has 2 nitrogen and oxygen atoms in total. The first kappa shape index (κ1) is 14.7. The van der Waals surface area contributed by atoms with Crippen molar-refractivity contribution in [2.45, 2.75) is 71.3 Å². The second-order valence-corrected chi connectivity index (χ2v) is 6.82. The molecule has 17 heavy (non-hydrogen) atoms. The van der Waals surface area contributed by atoms with Crippen LogP contribution in [0.2, 0.25) is 0 Å². The summed E-state index contributed by atoms with van der Waals surface area (Å²) in [6, 6.07) is 0. The molecule has 1 rings (SSSR count). The van der Waals surface area contributed by atoms with Gasteiger partial charge in [-0.2, -0.15) is 0 Å². The molecule has 0 saturated carbocycles. The zero-order valence-electron chi connectivity index (χ0n) is 11.7. The van der Waals surface area contributed by atoms with Crippen LogP contribution in [0.25, 0.3) is 0 Å². The first-order valence-electron chi connectivity index (χ1n) is 6.48. The summed E-state index contributed by atoms with van der Waals surface area (Å²) in [7, 11) is 0. The highest BCUT2D eigenvalue weighted by molar-refractivity contribution is 7.09. The topological polar surface area (TPSA) is 33.1 Å². The van der Waals surface area contributed by atoms with Crippen LogP contribution in [0.3, 0.4) is 0 Å². The minimum Gasteiger partial charge on any atom is -0.389 e. The summed E-state index contributed by atoms with van der Waals surface area (Å²) in [5.41, 5.74) is 0.665. The fraction of sp³-hybridized carbons (Fsp3) is 0.786. The van der Waals surface area contributed by atoms with E-state index in [4.69, 9.17) is 0 Å². The number of thiazole rings is 1. The first-order valence-corrected chi connectivity index (χ1v) is 7.36. The van der Waals surface area contributed by atoms with E-state index in [0.717, 1.165) is 30.0 Å². The van der Waals surface area contributed by atoms with Gasteiger partial charge in [0, 0.05) is 17.2 Å². The summed E-state index contributed by atoms with van der Waals surface area (Å²) in [6.45, 7) is 10.7. The summed E-state index contributed by atoms with van der Waals surface area (Å²) >= 11 is 1.67. The molecule has 1 unspecified atom stereocenters. The van der Waals surface area contributed by atoms with Crippen molar-refractivity contribution >= 4 is 11.3 Å². The molecule has 0 saturated heterocycles. The van der Waals surface area contributed by atoms with Crippen LogP contribution in [0.5, 0.6) is 0 Å². The van der Waals surface area contributed by atoms with Gasteiger partial charge in [0.25, 0.3) is 0 Å². The SMILES string of the molecule is CCCC(O)(CC)Cc1nc(C(C)(C)C)cs1. The predicted molar refractivity (Wildman–Crippen MR) is 74.7 cm³/mol. The number of aliphatic hydroxyl groups is 1. The number of aromatic nitrogens is 1. The molecule has 3 heteroatoms. The van der Waals surface area contributed by atoms with Crippen LogP contribution in [-0.4, -0.2) is 15.7 Å². The van der Waals surface area contributed by atoms with Gasteiger partial charge in [0.1, 0.15) is 0 Å². The van der Waals surface area contributed by atoms with E-state index in [0.29, 0.717) is 6.42 Å². The second-order valence-electron chi connectivity index (χ2n) is 5.88. The third-order valence-corrected chi connectivity index (χ3v) is 4.02. The van der Waals surface area contributed by atoms with E-state index >= 15 is 0 Å². The zero-order valence-corrected chi connectivity index (χ0v) is 12.5. The molecule has 1 N–H and O–H groups in total. The Hall–Kier alpha value is -0.410. The van der Waals surface area contributed by atoms with Gasteiger partial charge in [-0.05, 0) is 12.8 Å². The minimum absolute atomic E-state index is 0.101. The molecule has 1 atom stereocenters. The van der Waals surface area contributed by atoms with Crippen LogP contribution >= 0.6 is 11.3 Å². The molecule has 0 amide bonds. The minimum atomic E-state index is -0.568. The van der Waals surface area contributed by atoms with Crippen molar-refractivity contribution in [3.05, 3.63) is 16.1 Å². The van der Waals surface area contributed by atoms with Gasteiger partial charge in [0.05, 0.1) is 16.3 Å². The lowest BCUT2D eigenvalue weighted by Crippen LogP contribution is -2.30. The van der Waals surface area contributed by atoms with Gasteiger partial charge in [-0.15, -0.1) is 11.3 Å². The number of hydrogen-bond acceptors (Lipinski definition) is 3. The molecule has 0 radical (unpaired) electrons. The fourth-order valence-electron chi connectivity index (χ4n) is 1.87. The molecule has 0 aliphatic heterocycles. The number of rotatable bonds is 5. The number of nitrogens with zero attached hydrogens (tertiary/aromatic N) is 1. The Kier molecular flexibility index (Phi) is 4.73. The third kappa shape index (κ3) is 4.07. The van der Waals surface area contributed by atoms with E-state index in [1.807, 2.05) is 6.92 Å². The van der Waals surface area contributed by atoms with Crippen molar-refractivity contribution < 1.29 is 5.11 Å². The van der Waals surface area contributed by atoms with E-state index < -0.39 is 5.60 Å². The quantitative estimate of drug-likeness (QED) is 0.865. The maximum absolute atomic E-state index is 10.5. The highest BCUT2D eigenvalue weighted by atomic mass is 32.1. The molecule has 0 aliphatic rings. The van der Waals surface area contributed by atoms with Crippen LogP contribution in [0.15, 0.2) is 5.38 Å². The first-order chi connectivity index (χ1) is 7.80. The fourth-order valence-corrected chi connectivity index (χ4v) is 3.03. The van der Waals surface area contributed by atoms with Gasteiger partial charge in [0.15, 0.2) is 0 Å². The average molecular weight is 255 g/mol. The Morgan fingerprint density at radius 3 is 2.35 bits per heavy atom. The maximum atomic E-state index is 10.5.